The average Bonchev–Trinajstić information content (AvgIpc) is 4.01. The Balaban J connectivity index is 1.03. The predicted octanol–water partition coefficient (Wildman–Crippen LogP) is 13.7. The van der Waals surface area contributed by atoms with Gasteiger partial charge in [-0.25, -0.2) is 0 Å². The Kier molecular flexibility index (Phi) is 6.53. The van der Waals surface area contributed by atoms with E-state index in [1.165, 1.54) is 82.4 Å². The van der Waals surface area contributed by atoms with E-state index in [9.17, 15) is 0 Å². The van der Waals surface area contributed by atoms with Crippen molar-refractivity contribution in [3.05, 3.63) is 212 Å². The van der Waals surface area contributed by atoms with E-state index in [1.807, 2.05) is 0 Å². The molecule has 1 aliphatic carbocycles. The van der Waals surface area contributed by atoms with Gasteiger partial charge in [0.2, 0.25) is 0 Å². The monoisotopic (exact) mass is 740 g/mol. The Morgan fingerprint density at radius 3 is 1.28 bits per heavy atom. The number of nitrogens with zero attached hydrogens (tertiary/aromatic N) is 4. The van der Waals surface area contributed by atoms with Gasteiger partial charge in [0.25, 0.3) is 0 Å². The van der Waals surface area contributed by atoms with Crippen LogP contribution in [-0.4, -0.2) is 19.7 Å². The summed E-state index contributed by atoms with van der Waals surface area (Å²) in [4.78, 5) is 2.52. The molecule has 4 heterocycles. The minimum atomic E-state index is 0.245. The fraction of sp³-hybridized carbons (Fsp3) is 0.0370. The number of hydrogen-bond acceptors (Lipinski definition) is 1. The van der Waals surface area contributed by atoms with E-state index in [0.29, 0.717) is 5.92 Å². The smallest absolute Gasteiger partial charge is 0.0629 e. The molecule has 2 atom stereocenters. The molecule has 1 aliphatic heterocycles. The second-order valence-electron chi connectivity index (χ2n) is 15.7. The van der Waals surface area contributed by atoms with Crippen LogP contribution in [0.25, 0.3) is 82.5 Å². The third kappa shape index (κ3) is 4.34. The maximum Gasteiger partial charge on any atom is 0.0629 e. The number of rotatable bonds is 4. The van der Waals surface area contributed by atoms with Crippen LogP contribution in [0.2, 0.25) is 0 Å². The summed E-state index contributed by atoms with van der Waals surface area (Å²) in [7, 11) is 0. The molecule has 8 aromatic carbocycles. The SMILES string of the molecule is C1=CC2c3ccccc3N(c3cccc(-n4c5ccccc5c5cc6c(cc54)c4ccccc4n6-c4cccc(-n5c6ccccc6c6ccccc65)c4)c3)C2C=C1. The lowest BCUT2D eigenvalue weighted by atomic mass is 9.91. The Labute approximate surface area is 335 Å². The molecule has 0 amide bonds. The highest BCUT2D eigenvalue weighted by atomic mass is 15.2. The van der Waals surface area contributed by atoms with E-state index in [2.05, 4.69) is 225 Å². The number of fused-ring (bicyclic) bond motifs is 12. The van der Waals surface area contributed by atoms with Gasteiger partial charge in [0.1, 0.15) is 0 Å². The van der Waals surface area contributed by atoms with Gasteiger partial charge in [-0.05, 0) is 84.4 Å². The van der Waals surface area contributed by atoms with E-state index in [-0.39, 0.29) is 6.04 Å². The van der Waals surface area contributed by atoms with E-state index < -0.39 is 0 Å². The van der Waals surface area contributed by atoms with E-state index in [0.717, 1.165) is 17.1 Å². The first kappa shape index (κ1) is 31.6. The van der Waals surface area contributed by atoms with Gasteiger partial charge in [0.15, 0.2) is 0 Å². The Morgan fingerprint density at radius 2 is 0.724 bits per heavy atom. The number of benzene rings is 8. The standard InChI is InChI=1S/C54H36N4/c1-7-25-47-39(19-1)40-20-2-8-26-48(40)55(47)35-15-13-17-37(31-35)57-51-29-11-5-23-43(51)45-34-54-46(33-53(45)57)44-24-6-12-30-52(44)58(54)38-18-14-16-36(32-38)56-49-27-9-3-21-41(49)42-22-4-10-28-50(42)56/h1-34,39,47H. The molecule has 0 saturated carbocycles. The Morgan fingerprint density at radius 1 is 0.310 bits per heavy atom. The van der Waals surface area contributed by atoms with Crippen LogP contribution in [0, 0.1) is 0 Å². The molecule has 272 valence electrons. The number of anilines is 2. The number of para-hydroxylation sites is 5. The van der Waals surface area contributed by atoms with Crippen LogP contribution in [-0.2, 0) is 0 Å². The highest BCUT2D eigenvalue weighted by Gasteiger charge is 2.37. The molecule has 0 bridgehead atoms. The van der Waals surface area contributed by atoms with E-state index >= 15 is 0 Å². The predicted molar refractivity (Wildman–Crippen MR) is 243 cm³/mol. The van der Waals surface area contributed by atoms with Gasteiger partial charge in [-0.1, -0.05) is 127 Å². The van der Waals surface area contributed by atoms with Crippen LogP contribution in [0.4, 0.5) is 11.4 Å². The molecule has 0 radical (unpaired) electrons. The van der Waals surface area contributed by atoms with Gasteiger partial charge in [0.05, 0.1) is 39.1 Å². The van der Waals surface area contributed by atoms with Crippen LogP contribution in [0.15, 0.2) is 206 Å². The average molecular weight is 741 g/mol. The fourth-order valence-corrected chi connectivity index (χ4v) is 10.3. The van der Waals surface area contributed by atoms with Crippen LogP contribution in [0.1, 0.15) is 11.5 Å². The lowest BCUT2D eigenvalue weighted by Crippen LogP contribution is -2.28. The van der Waals surface area contributed by atoms with Crippen LogP contribution in [0.5, 0.6) is 0 Å². The summed E-state index contributed by atoms with van der Waals surface area (Å²) < 4.78 is 7.34. The van der Waals surface area contributed by atoms with Crippen molar-refractivity contribution in [1.29, 1.82) is 0 Å². The third-order valence-electron chi connectivity index (χ3n) is 12.7. The maximum atomic E-state index is 2.52. The number of allylic oxidation sites excluding steroid dienone is 2. The second kappa shape index (κ2) is 12.0. The van der Waals surface area contributed by atoms with Crippen molar-refractivity contribution in [3.8, 4) is 17.1 Å². The van der Waals surface area contributed by atoms with Gasteiger partial charge < -0.3 is 18.6 Å². The van der Waals surface area contributed by atoms with Gasteiger partial charge in [-0.3, -0.25) is 0 Å². The molecular weight excluding hydrogens is 705 g/mol. The Bertz CT molecular complexity index is 3500. The molecule has 0 spiro atoms. The molecule has 0 fully saturated rings. The normalized spacial score (nSPS) is 16.1. The van der Waals surface area contributed by atoms with E-state index in [1.54, 1.807) is 0 Å². The summed E-state index contributed by atoms with van der Waals surface area (Å²) in [5, 5.41) is 7.49. The van der Waals surface area contributed by atoms with Crippen molar-refractivity contribution in [2.45, 2.75) is 12.0 Å². The summed E-state index contributed by atoms with van der Waals surface area (Å²) in [6.07, 6.45) is 9.08. The zero-order chi connectivity index (χ0) is 37.9. The van der Waals surface area contributed by atoms with Crippen LogP contribution in [0.3, 0.4) is 0 Å². The molecule has 2 aliphatic rings. The first-order chi connectivity index (χ1) is 28.8. The summed E-state index contributed by atoms with van der Waals surface area (Å²) in [5.41, 5.74) is 14.5. The first-order valence-corrected chi connectivity index (χ1v) is 20.2. The van der Waals surface area contributed by atoms with Crippen LogP contribution < -0.4 is 4.90 Å². The zero-order valence-electron chi connectivity index (χ0n) is 31.6. The summed E-state index contributed by atoms with van der Waals surface area (Å²) in [6, 6.07) is 67.4. The molecule has 13 rings (SSSR count). The highest BCUT2D eigenvalue weighted by Crippen LogP contribution is 2.48. The highest BCUT2D eigenvalue weighted by molar-refractivity contribution is 6.19. The first-order valence-electron chi connectivity index (χ1n) is 20.2. The van der Waals surface area contributed by atoms with Crippen molar-refractivity contribution < 1.29 is 0 Å². The third-order valence-corrected chi connectivity index (χ3v) is 12.7. The molecular formula is C54H36N4. The molecule has 4 nitrogen and oxygen atoms in total. The fourth-order valence-electron chi connectivity index (χ4n) is 10.3. The van der Waals surface area contributed by atoms with Gasteiger partial charge in [0, 0.05) is 66.7 Å². The van der Waals surface area contributed by atoms with Crippen molar-refractivity contribution in [2.75, 3.05) is 4.90 Å². The topological polar surface area (TPSA) is 18.0 Å². The summed E-state index contributed by atoms with van der Waals surface area (Å²) in [6.45, 7) is 0. The molecule has 3 aromatic heterocycles. The van der Waals surface area contributed by atoms with Crippen molar-refractivity contribution in [1.82, 2.24) is 13.7 Å². The maximum absolute atomic E-state index is 2.52. The minimum Gasteiger partial charge on any atom is -0.333 e. The van der Waals surface area contributed by atoms with E-state index in [4.69, 9.17) is 0 Å². The molecule has 2 unspecified atom stereocenters. The van der Waals surface area contributed by atoms with Crippen molar-refractivity contribution in [3.63, 3.8) is 0 Å². The number of hydrogen-bond donors (Lipinski definition) is 0. The summed E-state index contributed by atoms with van der Waals surface area (Å²) in [5.74, 6) is 0.339. The molecule has 58 heavy (non-hydrogen) atoms. The molecule has 0 saturated heterocycles. The lowest BCUT2D eigenvalue weighted by Gasteiger charge is -2.29. The Hall–Kier alpha value is -7.56. The zero-order valence-corrected chi connectivity index (χ0v) is 31.6. The van der Waals surface area contributed by atoms with Gasteiger partial charge >= 0.3 is 0 Å². The lowest BCUT2D eigenvalue weighted by molar-refractivity contribution is 0.744. The van der Waals surface area contributed by atoms with Crippen molar-refractivity contribution in [2.24, 2.45) is 0 Å². The molecule has 11 aromatic rings. The minimum absolute atomic E-state index is 0.245. The van der Waals surface area contributed by atoms with Gasteiger partial charge in [-0.15, -0.1) is 0 Å². The van der Waals surface area contributed by atoms with Crippen LogP contribution >= 0.6 is 0 Å². The summed E-state index contributed by atoms with van der Waals surface area (Å²) >= 11 is 0. The second-order valence-corrected chi connectivity index (χ2v) is 15.7. The van der Waals surface area contributed by atoms with Gasteiger partial charge in [-0.2, -0.15) is 0 Å². The molecule has 4 heteroatoms. The number of aromatic nitrogens is 3. The quantitative estimate of drug-likeness (QED) is 0.176. The van der Waals surface area contributed by atoms with Crippen molar-refractivity contribution >= 4 is 76.8 Å². The largest absolute Gasteiger partial charge is 0.333 e. The molecule has 0 N–H and O–H groups in total.